The number of hydrogen-bond acceptors (Lipinski definition) is 14. The number of anilines is 3. The highest BCUT2D eigenvalue weighted by Crippen LogP contribution is 2.36. The van der Waals surface area contributed by atoms with Gasteiger partial charge in [-0.25, -0.2) is 0 Å². The van der Waals surface area contributed by atoms with Gasteiger partial charge in [-0.05, 0) is 113 Å². The average Bonchev–Trinajstić information content (AvgIpc) is 4.03. The van der Waals surface area contributed by atoms with E-state index in [-0.39, 0.29) is 60.6 Å². The first kappa shape index (κ1) is 43.9. The SMILES string of the molecule is C[C@@]1(O)CC/C=C\CN2C(=O)C3CNC(Nc4ccc(N5CCN(C6CCN(C7CCN(c8ccc9c(c8)CN(C8CCC(=O)NC8=O)C9=O)CC7)C6)CC5)cc4)NC3N2C2CCCC1N2. The van der Waals surface area contributed by atoms with E-state index in [1.165, 1.54) is 12.1 Å². The first-order valence-electron chi connectivity index (χ1n) is 24.9. The molecule has 9 aliphatic rings. The Morgan fingerprint density at radius 3 is 2.36 bits per heavy atom. The molecule has 9 heterocycles. The molecule has 17 nitrogen and oxygen atoms in total. The zero-order valence-electron chi connectivity index (χ0n) is 38.4. The molecule has 0 aromatic heterocycles. The van der Waals surface area contributed by atoms with Crippen LogP contribution in [0.25, 0.3) is 0 Å². The first-order chi connectivity index (χ1) is 32.1. The number of nitrogens with one attached hydrogen (secondary N) is 5. The van der Waals surface area contributed by atoms with Crippen molar-refractivity contribution in [1.82, 2.24) is 46.0 Å². The van der Waals surface area contributed by atoms with Crippen LogP contribution in [0.3, 0.4) is 0 Å². The van der Waals surface area contributed by atoms with E-state index in [0.29, 0.717) is 50.1 Å². The summed E-state index contributed by atoms with van der Waals surface area (Å²) in [6.07, 6.45) is 12.2. The number of imide groups is 1. The number of likely N-dealkylation sites (tertiary alicyclic amines) is 1. The second-order valence-electron chi connectivity index (χ2n) is 20.5. The highest BCUT2D eigenvalue weighted by molar-refractivity contribution is 6.05. The Bertz CT molecular complexity index is 2190. The molecule has 7 unspecified atom stereocenters. The number of piperazine rings is 1. The molecule has 0 radical (unpaired) electrons. The van der Waals surface area contributed by atoms with E-state index in [0.717, 1.165) is 108 Å². The second-order valence-corrected chi connectivity index (χ2v) is 20.5. The van der Waals surface area contributed by atoms with Crippen LogP contribution in [0.15, 0.2) is 54.6 Å². The highest BCUT2D eigenvalue weighted by Gasteiger charge is 2.53. The number of carbonyl (C=O) groups is 4. The second kappa shape index (κ2) is 18.1. The van der Waals surface area contributed by atoms with Gasteiger partial charge in [0.25, 0.3) is 5.91 Å². The largest absolute Gasteiger partial charge is 0.389 e. The van der Waals surface area contributed by atoms with Crippen LogP contribution < -0.4 is 36.4 Å². The maximum atomic E-state index is 13.8. The quantitative estimate of drug-likeness (QED) is 0.176. The Hall–Kier alpha value is -4.62. The summed E-state index contributed by atoms with van der Waals surface area (Å²) in [4.78, 5) is 63.3. The van der Waals surface area contributed by atoms with Gasteiger partial charge in [0.05, 0.1) is 30.4 Å². The van der Waals surface area contributed by atoms with Crippen molar-refractivity contribution < 1.29 is 24.3 Å². The minimum absolute atomic E-state index is 0.0178. The molecule has 2 aromatic carbocycles. The van der Waals surface area contributed by atoms with E-state index < -0.39 is 11.6 Å². The van der Waals surface area contributed by atoms with Gasteiger partial charge in [-0.15, -0.1) is 0 Å². The lowest BCUT2D eigenvalue weighted by atomic mass is 9.85. The van der Waals surface area contributed by atoms with Gasteiger partial charge in [0.15, 0.2) is 0 Å². The minimum atomic E-state index is -0.806. The van der Waals surface area contributed by atoms with Crippen molar-refractivity contribution in [2.45, 2.75) is 126 Å². The Morgan fingerprint density at radius 1 is 0.788 bits per heavy atom. The predicted molar refractivity (Wildman–Crippen MR) is 251 cm³/mol. The number of allylic oxidation sites excluding steroid dienone is 1. The minimum Gasteiger partial charge on any atom is -0.389 e. The van der Waals surface area contributed by atoms with Gasteiger partial charge in [-0.3, -0.25) is 55.3 Å². The number of amides is 4. The third-order valence-electron chi connectivity index (χ3n) is 16.5. The summed E-state index contributed by atoms with van der Waals surface area (Å²) in [6, 6.07) is 15.5. The molecule has 66 heavy (non-hydrogen) atoms. The molecular weight excluding hydrogens is 837 g/mol. The molecule has 8 atom stereocenters. The standard InChI is InChI=1S/C49H68N12O5/c1-49(66)19-3-2-4-20-60-47(65)39-29-50-48(54-44(39)61(60)42-7-5-6-41(49)52-42)51-33-8-10-34(11-9-33)56-24-26-57(27-25-56)37-18-23-58(31-37)35-16-21-55(22-17-35)36-12-13-38-32(28-36)30-59(46(38)64)40-14-15-43(62)53-45(40)63/h2,4,8-13,28,35,37,39-42,44,48,50-52,54,66H,3,5-7,14-27,29-31H2,1H3,(H,53,62,63)/b4-2-/t37?,39?,40?,41?,42?,44?,48?,49-/m1/s1. The number of piperidine rings is 3. The number of carbonyl (C=O) groups excluding carboxylic acids is 4. The van der Waals surface area contributed by atoms with Gasteiger partial charge >= 0.3 is 0 Å². The molecule has 7 saturated heterocycles. The first-order valence-corrected chi connectivity index (χ1v) is 24.9. The maximum absolute atomic E-state index is 13.8. The summed E-state index contributed by atoms with van der Waals surface area (Å²) in [5, 5.41) is 32.7. The van der Waals surface area contributed by atoms with Crippen molar-refractivity contribution in [3.8, 4) is 0 Å². The van der Waals surface area contributed by atoms with Crippen LogP contribution in [0.4, 0.5) is 17.1 Å². The van der Waals surface area contributed by atoms with Gasteiger partial charge in [0.1, 0.15) is 12.3 Å². The average molecular weight is 905 g/mol. The van der Waals surface area contributed by atoms with E-state index in [1.54, 1.807) is 4.90 Å². The van der Waals surface area contributed by atoms with Crippen molar-refractivity contribution >= 4 is 40.7 Å². The van der Waals surface area contributed by atoms with E-state index in [2.05, 4.69) is 99.7 Å². The zero-order chi connectivity index (χ0) is 45.1. The number of rotatable bonds is 7. The van der Waals surface area contributed by atoms with Crippen molar-refractivity contribution in [1.29, 1.82) is 0 Å². The Labute approximate surface area is 388 Å². The summed E-state index contributed by atoms with van der Waals surface area (Å²) in [5.74, 6) is -0.818. The topological polar surface area (TPSA) is 171 Å². The third-order valence-corrected chi connectivity index (χ3v) is 16.5. The molecule has 0 spiro atoms. The van der Waals surface area contributed by atoms with Crippen LogP contribution in [0.2, 0.25) is 0 Å². The molecule has 7 fully saturated rings. The summed E-state index contributed by atoms with van der Waals surface area (Å²) in [5.41, 5.74) is 4.23. The fourth-order valence-electron chi connectivity index (χ4n) is 12.7. The molecular formula is C49H68N12O5. The summed E-state index contributed by atoms with van der Waals surface area (Å²) >= 11 is 0. The molecule has 9 aliphatic heterocycles. The maximum Gasteiger partial charge on any atom is 0.255 e. The smallest absolute Gasteiger partial charge is 0.255 e. The Morgan fingerprint density at radius 2 is 1.56 bits per heavy atom. The van der Waals surface area contributed by atoms with Crippen molar-refractivity contribution in [3.05, 3.63) is 65.7 Å². The number of hydrogen-bond donors (Lipinski definition) is 6. The molecule has 2 bridgehead atoms. The molecule has 0 aliphatic carbocycles. The lowest BCUT2D eigenvalue weighted by Gasteiger charge is -2.47. The fraction of sp³-hybridized carbons (Fsp3) is 0.633. The normalized spacial score (nSPS) is 34.5. The van der Waals surface area contributed by atoms with Crippen LogP contribution >= 0.6 is 0 Å². The Kier molecular flexibility index (Phi) is 12.1. The summed E-state index contributed by atoms with van der Waals surface area (Å²) in [7, 11) is 0. The number of aliphatic hydroxyl groups is 1. The molecule has 17 heteroatoms. The summed E-state index contributed by atoms with van der Waals surface area (Å²) < 4.78 is 0. The van der Waals surface area contributed by atoms with Crippen molar-refractivity contribution in [3.63, 3.8) is 0 Å². The van der Waals surface area contributed by atoms with Gasteiger partial charge in [0.2, 0.25) is 17.7 Å². The lowest BCUT2D eigenvalue weighted by Crippen LogP contribution is -2.69. The van der Waals surface area contributed by atoms with E-state index >= 15 is 0 Å². The lowest BCUT2D eigenvalue weighted by molar-refractivity contribution is -0.146. The van der Waals surface area contributed by atoms with Crippen LogP contribution in [-0.2, 0) is 20.9 Å². The number of nitrogens with zero attached hydrogens (tertiary/aromatic N) is 7. The molecule has 11 rings (SSSR count). The van der Waals surface area contributed by atoms with E-state index in [1.807, 2.05) is 18.0 Å². The molecule has 4 amide bonds. The van der Waals surface area contributed by atoms with Crippen molar-refractivity contribution in [2.75, 3.05) is 80.6 Å². The zero-order valence-corrected chi connectivity index (χ0v) is 38.4. The Balaban J connectivity index is 0.637. The molecule has 2 aromatic rings. The number of benzene rings is 2. The van der Waals surface area contributed by atoms with Gasteiger partial charge in [0, 0.05) is 113 Å². The molecule has 354 valence electrons. The van der Waals surface area contributed by atoms with Crippen molar-refractivity contribution in [2.24, 2.45) is 5.92 Å². The van der Waals surface area contributed by atoms with Gasteiger partial charge in [-0.1, -0.05) is 12.2 Å². The van der Waals surface area contributed by atoms with Crippen LogP contribution in [0.1, 0.15) is 87.1 Å². The van der Waals surface area contributed by atoms with Gasteiger partial charge < -0.3 is 25.1 Å². The van der Waals surface area contributed by atoms with Crippen LogP contribution in [0.5, 0.6) is 0 Å². The monoisotopic (exact) mass is 905 g/mol. The van der Waals surface area contributed by atoms with E-state index in [4.69, 9.17) is 0 Å². The fourth-order valence-corrected chi connectivity index (χ4v) is 12.7. The van der Waals surface area contributed by atoms with Gasteiger partial charge in [-0.2, -0.15) is 5.01 Å². The van der Waals surface area contributed by atoms with Crippen LogP contribution in [-0.4, -0.2) is 167 Å². The van der Waals surface area contributed by atoms with Crippen LogP contribution in [0, 0.1) is 5.92 Å². The molecule has 0 saturated carbocycles. The third kappa shape index (κ3) is 8.49. The number of fused-ring (bicyclic) bond motifs is 7. The summed E-state index contributed by atoms with van der Waals surface area (Å²) in [6.45, 7) is 11.9. The predicted octanol–water partition coefficient (Wildman–Crippen LogP) is 1.77. The number of hydrazine groups is 1. The molecule has 6 N–H and O–H groups in total. The highest BCUT2D eigenvalue weighted by atomic mass is 16.3. The van der Waals surface area contributed by atoms with E-state index in [9.17, 15) is 24.3 Å².